The van der Waals surface area contributed by atoms with Crippen LogP contribution in [0.2, 0.25) is 0 Å². The van der Waals surface area contributed by atoms with E-state index in [1.807, 2.05) is 0 Å². The van der Waals surface area contributed by atoms with Crippen LogP contribution in [0, 0.1) is 5.41 Å². The Morgan fingerprint density at radius 3 is 2.50 bits per heavy atom. The van der Waals surface area contributed by atoms with E-state index in [9.17, 15) is 0 Å². The third kappa shape index (κ3) is 2.93. The van der Waals surface area contributed by atoms with Crippen molar-refractivity contribution in [3.05, 3.63) is 35.9 Å². The van der Waals surface area contributed by atoms with E-state index in [-0.39, 0.29) is 0 Å². The van der Waals surface area contributed by atoms with Gasteiger partial charge in [0.25, 0.3) is 0 Å². The van der Waals surface area contributed by atoms with E-state index in [2.05, 4.69) is 42.6 Å². The van der Waals surface area contributed by atoms with E-state index < -0.39 is 0 Å². The van der Waals surface area contributed by atoms with Gasteiger partial charge in [-0.25, -0.2) is 0 Å². The molecule has 0 aromatic heterocycles. The Hall–Kier alpha value is -0.820. The SMILES string of the molecule is CC(CCNC1CCC12CCCCC2)c1ccccc1. The molecule has 0 heterocycles. The van der Waals surface area contributed by atoms with Crippen LogP contribution >= 0.6 is 0 Å². The van der Waals surface area contributed by atoms with Crippen LogP contribution in [0.15, 0.2) is 30.3 Å². The minimum atomic E-state index is 0.672. The second-order valence-electron chi connectivity index (χ2n) is 7.07. The first-order valence-electron chi connectivity index (χ1n) is 8.58. The van der Waals surface area contributed by atoms with Crippen molar-refractivity contribution in [2.24, 2.45) is 5.41 Å². The average Bonchev–Trinajstić information content (AvgIpc) is 2.52. The fraction of sp³-hybridized carbons (Fsp3) is 0.684. The molecule has 2 fully saturated rings. The molecule has 1 nitrogen and oxygen atoms in total. The maximum atomic E-state index is 3.88. The largest absolute Gasteiger partial charge is 0.313 e. The third-order valence-corrected chi connectivity index (χ3v) is 5.86. The van der Waals surface area contributed by atoms with Gasteiger partial charge in [-0.05, 0) is 55.5 Å². The smallest absolute Gasteiger partial charge is 0.0124 e. The molecule has 1 aromatic carbocycles. The average molecular weight is 271 g/mol. The van der Waals surface area contributed by atoms with Crippen LogP contribution in [0.3, 0.4) is 0 Å². The lowest BCUT2D eigenvalue weighted by atomic mass is 9.57. The summed E-state index contributed by atoms with van der Waals surface area (Å²) in [5.74, 6) is 0.672. The van der Waals surface area contributed by atoms with Gasteiger partial charge in [-0.2, -0.15) is 0 Å². The summed E-state index contributed by atoms with van der Waals surface area (Å²) < 4.78 is 0. The Morgan fingerprint density at radius 1 is 1.10 bits per heavy atom. The normalized spacial score (nSPS) is 26.1. The van der Waals surface area contributed by atoms with Crippen molar-refractivity contribution in [1.29, 1.82) is 0 Å². The molecule has 1 spiro atoms. The van der Waals surface area contributed by atoms with E-state index in [0.717, 1.165) is 6.04 Å². The van der Waals surface area contributed by atoms with E-state index >= 15 is 0 Å². The van der Waals surface area contributed by atoms with Gasteiger partial charge in [-0.15, -0.1) is 0 Å². The van der Waals surface area contributed by atoms with E-state index in [1.165, 1.54) is 63.5 Å². The van der Waals surface area contributed by atoms with Crippen molar-refractivity contribution in [2.75, 3.05) is 6.54 Å². The molecule has 0 saturated heterocycles. The minimum Gasteiger partial charge on any atom is -0.313 e. The second-order valence-corrected chi connectivity index (χ2v) is 7.07. The van der Waals surface area contributed by atoms with Crippen LogP contribution < -0.4 is 5.32 Å². The Morgan fingerprint density at radius 2 is 1.85 bits per heavy atom. The van der Waals surface area contributed by atoms with Gasteiger partial charge >= 0.3 is 0 Å². The number of nitrogens with one attached hydrogen (secondary N) is 1. The third-order valence-electron chi connectivity index (χ3n) is 5.86. The number of rotatable bonds is 5. The molecule has 0 amide bonds. The molecule has 3 rings (SSSR count). The first-order valence-corrected chi connectivity index (χ1v) is 8.58. The number of hydrogen-bond donors (Lipinski definition) is 1. The zero-order valence-corrected chi connectivity index (χ0v) is 12.9. The lowest BCUT2D eigenvalue weighted by molar-refractivity contribution is 0.0230. The van der Waals surface area contributed by atoms with Gasteiger partial charge in [-0.3, -0.25) is 0 Å². The maximum absolute atomic E-state index is 3.88. The van der Waals surface area contributed by atoms with Gasteiger partial charge in [0.1, 0.15) is 0 Å². The molecule has 20 heavy (non-hydrogen) atoms. The molecule has 2 saturated carbocycles. The minimum absolute atomic E-state index is 0.672. The lowest BCUT2D eigenvalue weighted by Crippen LogP contribution is -2.54. The number of benzene rings is 1. The molecule has 1 heteroatoms. The standard InChI is InChI=1S/C19H29N/c1-16(17-8-4-2-5-9-17)11-15-20-18-10-14-19(18)12-6-3-7-13-19/h2,4-5,8-9,16,18,20H,3,6-7,10-15H2,1H3. The van der Waals surface area contributed by atoms with Crippen LogP contribution in [0.5, 0.6) is 0 Å². The highest BCUT2D eigenvalue weighted by molar-refractivity contribution is 5.18. The van der Waals surface area contributed by atoms with Crippen molar-refractivity contribution in [3.63, 3.8) is 0 Å². The summed E-state index contributed by atoms with van der Waals surface area (Å²) in [6.45, 7) is 3.54. The van der Waals surface area contributed by atoms with Crippen LogP contribution in [-0.2, 0) is 0 Å². The molecular weight excluding hydrogens is 242 g/mol. The summed E-state index contributed by atoms with van der Waals surface area (Å²) in [5.41, 5.74) is 2.18. The van der Waals surface area contributed by atoms with Crippen molar-refractivity contribution in [1.82, 2.24) is 5.32 Å². The second kappa shape index (κ2) is 6.30. The molecule has 0 bridgehead atoms. The van der Waals surface area contributed by atoms with Crippen LogP contribution in [0.1, 0.15) is 69.8 Å². The summed E-state index contributed by atoms with van der Waals surface area (Å²) in [5, 5.41) is 3.88. The lowest BCUT2D eigenvalue weighted by Gasteiger charge is -2.52. The molecule has 1 aromatic rings. The molecule has 2 aliphatic rings. The highest BCUT2D eigenvalue weighted by atomic mass is 15.0. The quantitative estimate of drug-likeness (QED) is 0.804. The summed E-state index contributed by atoms with van der Waals surface area (Å²) in [6, 6.07) is 11.8. The predicted molar refractivity (Wildman–Crippen MR) is 86.0 cm³/mol. The Balaban J connectivity index is 1.44. The molecular formula is C19H29N. The molecule has 1 N–H and O–H groups in total. The first-order chi connectivity index (χ1) is 9.80. The van der Waals surface area contributed by atoms with Gasteiger partial charge < -0.3 is 5.32 Å². The zero-order valence-electron chi connectivity index (χ0n) is 12.9. The fourth-order valence-electron chi connectivity index (χ4n) is 4.29. The van der Waals surface area contributed by atoms with Gasteiger partial charge in [0.15, 0.2) is 0 Å². The van der Waals surface area contributed by atoms with Crippen LogP contribution in [0.4, 0.5) is 0 Å². The molecule has 2 aliphatic carbocycles. The van der Waals surface area contributed by atoms with E-state index in [1.54, 1.807) is 0 Å². The molecule has 2 unspecified atom stereocenters. The number of hydrogen-bond acceptors (Lipinski definition) is 1. The summed E-state index contributed by atoms with van der Waals surface area (Å²) in [7, 11) is 0. The zero-order chi connectivity index (χ0) is 13.8. The Bertz CT molecular complexity index is 405. The molecule has 110 valence electrons. The summed E-state index contributed by atoms with van der Waals surface area (Å²) in [4.78, 5) is 0. The van der Waals surface area contributed by atoms with Crippen LogP contribution in [-0.4, -0.2) is 12.6 Å². The van der Waals surface area contributed by atoms with Crippen molar-refractivity contribution in [3.8, 4) is 0 Å². The summed E-state index contributed by atoms with van der Waals surface area (Å²) >= 11 is 0. The van der Waals surface area contributed by atoms with Gasteiger partial charge in [0.05, 0.1) is 0 Å². The topological polar surface area (TPSA) is 12.0 Å². The van der Waals surface area contributed by atoms with Crippen molar-refractivity contribution < 1.29 is 0 Å². The van der Waals surface area contributed by atoms with Gasteiger partial charge in [-0.1, -0.05) is 56.5 Å². The maximum Gasteiger partial charge on any atom is 0.0124 e. The molecule has 0 aliphatic heterocycles. The molecule has 2 atom stereocenters. The first kappa shape index (κ1) is 14.1. The monoisotopic (exact) mass is 271 g/mol. The predicted octanol–water partition coefficient (Wildman–Crippen LogP) is 4.88. The highest BCUT2D eigenvalue weighted by Crippen LogP contribution is 2.51. The summed E-state index contributed by atoms with van der Waals surface area (Å²) in [6.07, 6.45) is 11.5. The van der Waals surface area contributed by atoms with Crippen LogP contribution in [0.25, 0.3) is 0 Å². The van der Waals surface area contributed by atoms with Gasteiger partial charge in [0, 0.05) is 6.04 Å². The van der Waals surface area contributed by atoms with Crippen molar-refractivity contribution in [2.45, 2.75) is 70.3 Å². The van der Waals surface area contributed by atoms with E-state index in [0.29, 0.717) is 11.3 Å². The Labute approximate surface area is 124 Å². The van der Waals surface area contributed by atoms with Gasteiger partial charge in [0.2, 0.25) is 0 Å². The fourth-order valence-corrected chi connectivity index (χ4v) is 4.29. The molecule has 0 radical (unpaired) electrons. The Kier molecular flexibility index (Phi) is 4.45. The van der Waals surface area contributed by atoms with E-state index in [4.69, 9.17) is 0 Å². The van der Waals surface area contributed by atoms with Crippen molar-refractivity contribution >= 4 is 0 Å². The highest BCUT2D eigenvalue weighted by Gasteiger charge is 2.46.